The van der Waals surface area contributed by atoms with Crippen LogP contribution in [0.2, 0.25) is 0 Å². The Morgan fingerprint density at radius 3 is 2.46 bits per heavy atom. The quantitative estimate of drug-likeness (QED) is 0.585. The van der Waals surface area contributed by atoms with Crippen molar-refractivity contribution in [3.8, 4) is 0 Å². The number of nitrogens with one attached hydrogen (secondary N) is 2. The van der Waals surface area contributed by atoms with E-state index >= 15 is 0 Å². The molecule has 0 bridgehead atoms. The van der Waals surface area contributed by atoms with Gasteiger partial charge in [0.15, 0.2) is 11.3 Å². The zero-order valence-electron chi connectivity index (χ0n) is 17.4. The van der Waals surface area contributed by atoms with E-state index in [2.05, 4.69) is 59.9 Å². The largest absolute Gasteiger partial charge is 0.364 e. The number of H-pyrrole nitrogens is 1. The van der Waals surface area contributed by atoms with Crippen LogP contribution >= 0.6 is 0 Å². The lowest BCUT2D eigenvalue weighted by atomic mass is 10.1. The highest BCUT2D eigenvalue weighted by molar-refractivity contribution is 5.87. The maximum atomic E-state index is 5.95. The summed E-state index contributed by atoms with van der Waals surface area (Å²) in [5.41, 5.74) is 10.8. The van der Waals surface area contributed by atoms with Gasteiger partial charge in [0.2, 0.25) is 5.62 Å². The number of nitrogens with two attached hydrogens (primary N) is 1. The molecule has 4 N–H and O–H groups in total. The van der Waals surface area contributed by atoms with E-state index in [1.807, 2.05) is 25.1 Å². The molecule has 3 rings (SSSR count). The molecule has 150 valence electrons. The second-order valence-corrected chi connectivity index (χ2v) is 7.87. The Kier molecular flexibility index (Phi) is 6.14. The molecule has 3 aromatic rings. The van der Waals surface area contributed by atoms with Gasteiger partial charge in [0.1, 0.15) is 0 Å². The highest BCUT2D eigenvalue weighted by Crippen LogP contribution is 2.27. The van der Waals surface area contributed by atoms with Crippen LogP contribution in [0, 0.1) is 0 Å². The fourth-order valence-corrected chi connectivity index (χ4v) is 3.20. The molecule has 1 aromatic carbocycles. The maximum absolute atomic E-state index is 5.95. The first-order chi connectivity index (χ1) is 13.4. The fraction of sp³-hybridized carbons (Fsp3) is 0.476. The van der Waals surface area contributed by atoms with Crippen molar-refractivity contribution in [2.45, 2.75) is 59.2 Å². The molecule has 2 aromatic heterocycles. The molecule has 28 heavy (non-hydrogen) atoms. The molecule has 0 saturated carbocycles. The number of hydrogen-bond donors (Lipinski definition) is 3. The number of aromatic nitrogens is 4. The summed E-state index contributed by atoms with van der Waals surface area (Å²) in [7, 11) is 0. The standard InChI is InChI=1S/C21H31N7/c1-13(2)17-19-18(27-26-17)20(23-12-16-9-7-6-8-10-16)25-21(24-11-15(5)22)28(19)14(3)4/h6-10,13-15H,11-12,22H2,1-5H3,(H,26,27)(H,23,24,25). The number of rotatable bonds is 7. The van der Waals surface area contributed by atoms with Crippen LogP contribution in [0.15, 0.2) is 35.3 Å². The van der Waals surface area contributed by atoms with Gasteiger partial charge in [-0.3, -0.25) is 5.10 Å². The Balaban J connectivity index is 2.17. The van der Waals surface area contributed by atoms with Gasteiger partial charge in [-0.25, -0.2) is 4.99 Å². The molecular formula is C21H31N7. The summed E-state index contributed by atoms with van der Waals surface area (Å²) < 4.78 is 2.16. The van der Waals surface area contributed by atoms with Crippen LogP contribution in [-0.4, -0.2) is 32.3 Å². The molecule has 0 aliphatic carbocycles. The molecule has 7 nitrogen and oxygen atoms in total. The SMILES string of the molecule is CC(N)CN=c1nc(NCc2ccccc2)c2n[nH]c(C(C)C)c2n1C(C)C. The predicted octanol–water partition coefficient (Wildman–Crippen LogP) is 3.32. The van der Waals surface area contributed by atoms with E-state index in [0.717, 1.165) is 22.5 Å². The van der Waals surface area contributed by atoms with Crippen LogP contribution in [0.25, 0.3) is 11.0 Å². The third kappa shape index (κ3) is 4.25. The van der Waals surface area contributed by atoms with Crippen LogP contribution in [0.1, 0.15) is 57.8 Å². The minimum absolute atomic E-state index is 0.0206. The minimum Gasteiger partial charge on any atom is -0.364 e. The molecular weight excluding hydrogens is 350 g/mol. The van der Waals surface area contributed by atoms with E-state index in [0.29, 0.717) is 24.6 Å². The van der Waals surface area contributed by atoms with Crippen molar-refractivity contribution in [1.82, 2.24) is 19.7 Å². The van der Waals surface area contributed by atoms with E-state index in [1.165, 1.54) is 5.56 Å². The van der Waals surface area contributed by atoms with Gasteiger partial charge in [-0.1, -0.05) is 44.2 Å². The van der Waals surface area contributed by atoms with E-state index in [9.17, 15) is 0 Å². The lowest BCUT2D eigenvalue weighted by molar-refractivity contribution is 0.564. The first-order valence-electron chi connectivity index (χ1n) is 9.92. The predicted molar refractivity (Wildman–Crippen MR) is 114 cm³/mol. The van der Waals surface area contributed by atoms with Gasteiger partial charge in [0, 0.05) is 18.6 Å². The first-order valence-corrected chi connectivity index (χ1v) is 9.92. The number of benzene rings is 1. The van der Waals surface area contributed by atoms with Gasteiger partial charge >= 0.3 is 0 Å². The van der Waals surface area contributed by atoms with Gasteiger partial charge in [-0.2, -0.15) is 10.1 Å². The molecule has 0 aliphatic heterocycles. The first kappa shape index (κ1) is 20.1. The van der Waals surface area contributed by atoms with Crippen molar-refractivity contribution in [2.24, 2.45) is 10.7 Å². The van der Waals surface area contributed by atoms with E-state index < -0.39 is 0 Å². The monoisotopic (exact) mass is 381 g/mol. The summed E-state index contributed by atoms with van der Waals surface area (Å²) in [6.45, 7) is 11.7. The molecule has 2 heterocycles. The molecule has 0 saturated heterocycles. The Hall–Kier alpha value is -2.67. The average Bonchev–Trinajstić information content (AvgIpc) is 3.09. The third-order valence-electron chi connectivity index (χ3n) is 4.58. The van der Waals surface area contributed by atoms with E-state index in [1.54, 1.807) is 0 Å². The Morgan fingerprint density at radius 1 is 1.14 bits per heavy atom. The van der Waals surface area contributed by atoms with E-state index in [-0.39, 0.29) is 12.1 Å². The zero-order valence-corrected chi connectivity index (χ0v) is 17.4. The van der Waals surface area contributed by atoms with Crippen molar-refractivity contribution < 1.29 is 0 Å². The van der Waals surface area contributed by atoms with Crippen molar-refractivity contribution >= 4 is 16.9 Å². The smallest absolute Gasteiger partial charge is 0.227 e. The van der Waals surface area contributed by atoms with Crippen molar-refractivity contribution in [1.29, 1.82) is 0 Å². The van der Waals surface area contributed by atoms with Crippen molar-refractivity contribution in [3.05, 3.63) is 47.2 Å². The summed E-state index contributed by atoms with van der Waals surface area (Å²) in [6, 6.07) is 10.4. The fourth-order valence-electron chi connectivity index (χ4n) is 3.20. The highest BCUT2D eigenvalue weighted by Gasteiger charge is 2.20. The van der Waals surface area contributed by atoms with Crippen molar-refractivity contribution in [2.75, 3.05) is 11.9 Å². The second kappa shape index (κ2) is 8.56. The Labute approximate surface area is 166 Å². The summed E-state index contributed by atoms with van der Waals surface area (Å²) in [5, 5.41) is 11.3. The van der Waals surface area contributed by atoms with Gasteiger partial charge in [0.25, 0.3) is 0 Å². The molecule has 0 amide bonds. The Bertz CT molecular complexity index is 981. The van der Waals surface area contributed by atoms with Crippen LogP contribution < -0.4 is 16.7 Å². The molecule has 1 unspecified atom stereocenters. The second-order valence-electron chi connectivity index (χ2n) is 7.87. The maximum Gasteiger partial charge on any atom is 0.227 e. The van der Waals surface area contributed by atoms with Crippen LogP contribution in [0.3, 0.4) is 0 Å². The summed E-state index contributed by atoms with van der Waals surface area (Å²) in [5.74, 6) is 1.04. The topological polar surface area (TPSA) is 96.9 Å². The molecule has 0 spiro atoms. The lowest BCUT2D eigenvalue weighted by Crippen LogP contribution is -2.30. The van der Waals surface area contributed by atoms with Crippen molar-refractivity contribution in [3.63, 3.8) is 0 Å². The number of hydrogen-bond acceptors (Lipinski definition) is 5. The average molecular weight is 382 g/mol. The van der Waals surface area contributed by atoms with Gasteiger partial charge in [-0.05, 0) is 32.3 Å². The van der Waals surface area contributed by atoms with Gasteiger partial charge in [0.05, 0.1) is 17.8 Å². The molecule has 1 atom stereocenters. The molecule has 7 heteroatoms. The number of anilines is 1. The summed E-state index contributed by atoms with van der Waals surface area (Å²) in [6.07, 6.45) is 0. The molecule has 0 aliphatic rings. The van der Waals surface area contributed by atoms with Crippen LogP contribution in [0.5, 0.6) is 0 Å². The van der Waals surface area contributed by atoms with E-state index in [4.69, 9.17) is 15.7 Å². The lowest BCUT2D eigenvalue weighted by Gasteiger charge is -2.17. The normalized spacial score (nSPS) is 13.6. The molecule has 0 radical (unpaired) electrons. The number of aromatic amines is 1. The zero-order chi connectivity index (χ0) is 20.3. The van der Waals surface area contributed by atoms with Gasteiger partial charge in [-0.15, -0.1) is 0 Å². The van der Waals surface area contributed by atoms with Crippen LogP contribution in [0.4, 0.5) is 5.82 Å². The third-order valence-corrected chi connectivity index (χ3v) is 4.58. The minimum atomic E-state index is -0.0206. The number of nitrogens with zero attached hydrogens (tertiary/aromatic N) is 4. The summed E-state index contributed by atoms with van der Waals surface area (Å²) in [4.78, 5) is 9.55. The number of fused-ring (bicyclic) bond motifs is 1. The van der Waals surface area contributed by atoms with Crippen LogP contribution in [-0.2, 0) is 6.54 Å². The van der Waals surface area contributed by atoms with Gasteiger partial charge < -0.3 is 15.6 Å². The highest BCUT2D eigenvalue weighted by atomic mass is 15.2. The summed E-state index contributed by atoms with van der Waals surface area (Å²) >= 11 is 0. The molecule has 0 fully saturated rings. The Morgan fingerprint density at radius 2 is 1.86 bits per heavy atom.